The van der Waals surface area contributed by atoms with E-state index in [4.69, 9.17) is 23.2 Å². The summed E-state index contributed by atoms with van der Waals surface area (Å²) in [5.74, 6) is -0.349. The third-order valence-electron chi connectivity index (χ3n) is 3.84. The van der Waals surface area contributed by atoms with Crippen molar-refractivity contribution in [3.8, 4) is 0 Å². The highest BCUT2D eigenvalue weighted by atomic mass is 35.5. The second-order valence-corrected chi connectivity index (χ2v) is 6.81. The summed E-state index contributed by atoms with van der Waals surface area (Å²) in [6, 6.07) is 14.6. The van der Waals surface area contributed by atoms with E-state index in [2.05, 4.69) is 10.6 Å². The van der Waals surface area contributed by atoms with Crippen molar-refractivity contribution >= 4 is 47.2 Å². The van der Waals surface area contributed by atoms with Crippen molar-refractivity contribution < 1.29 is 9.59 Å². The fraction of sp³-hybridized carbons (Fsp3) is 0.182. The van der Waals surface area contributed by atoms with Gasteiger partial charge < -0.3 is 10.6 Å². The Bertz CT molecular complexity index is 792. The summed E-state index contributed by atoms with van der Waals surface area (Å²) in [4.78, 5) is 23.6. The van der Waals surface area contributed by atoms with Gasteiger partial charge in [0.25, 0.3) is 0 Å². The number of carbonyl (C=O) groups is 2. The first-order valence-corrected chi connectivity index (χ1v) is 9.73. The minimum Gasteiger partial charge on any atom is -0.353 e. The monoisotopic (exact) mass is 416 g/mol. The quantitative estimate of drug-likeness (QED) is 0.458. The molecule has 146 valence electrons. The Morgan fingerprint density at radius 3 is 1.50 bits per heavy atom. The molecule has 0 unspecified atom stereocenters. The molecule has 0 saturated heterocycles. The molecule has 0 aliphatic carbocycles. The molecule has 2 rings (SSSR count). The van der Waals surface area contributed by atoms with Crippen LogP contribution in [0.1, 0.15) is 24.0 Å². The molecule has 6 heteroatoms. The van der Waals surface area contributed by atoms with Gasteiger partial charge in [-0.3, -0.25) is 9.59 Å². The van der Waals surface area contributed by atoms with E-state index in [0.717, 1.165) is 24.0 Å². The topological polar surface area (TPSA) is 58.2 Å². The molecule has 4 nitrogen and oxygen atoms in total. The first-order valence-electron chi connectivity index (χ1n) is 8.97. The first kappa shape index (κ1) is 21.7. The van der Waals surface area contributed by atoms with Crippen LogP contribution >= 0.6 is 23.2 Å². The third kappa shape index (κ3) is 7.99. The molecule has 2 amide bonds. The Morgan fingerprint density at radius 2 is 1.11 bits per heavy atom. The molecule has 28 heavy (non-hydrogen) atoms. The second-order valence-electron chi connectivity index (χ2n) is 6.00. The van der Waals surface area contributed by atoms with Crippen molar-refractivity contribution in [2.45, 2.75) is 12.8 Å². The molecular weight excluding hydrogens is 395 g/mol. The fourth-order valence-corrected chi connectivity index (χ4v) is 2.74. The molecule has 0 spiro atoms. The maximum Gasteiger partial charge on any atom is 0.243 e. The van der Waals surface area contributed by atoms with Crippen LogP contribution < -0.4 is 10.6 Å². The van der Waals surface area contributed by atoms with Crippen molar-refractivity contribution in [2.24, 2.45) is 0 Å². The third-order valence-corrected chi connectivity index (χ3v) is 4.53. The SMILES string of the molecule is O=C(/C=C\c1ccccc1Cl)NCCCCNC(=O)/C=C/c1ccccc1Cl. The molecule has 2 aromatic rings. The average Bonchev–Trinajstić information content (AvgIpc) is 2.69. The lowest BCUT2D eigenvalue weighted by Crippen LogP contribution is -2.25. The van der Waals surface area contributed by atoms with Gasteiger partial charge in [-0.1, -0.05) is 59.6 Å². The maximum atomic E-state index is 11.8. The second kappa shape index (κ2) is 12.0. The molecule has 0 saturated carbocycles. The minimum atomic E-state index is -0.174. The van der Waals surface area contributed by atoms with E-state index in [-0.39, 0.29) is 11.8 Å². The minimum absolute atomic E-state index is 0.174. The van der Waals surface area contributed by atoms with E-state index in [1.807, 2.05) is 36.4 Å². The highest BCUT2D eigenvalue weighted by molar-refractivity contribution is 6.32. The number of hydrogen-bond acceptors (Lipinski definition) is 2. The van der Waals surface area contributed by atoms with E-state index >= 15 is 0 Å². The van der Waals surface area contributed by atoms with Crippen molar-refractivity contribution in [2.75, 3.05) is 13.1 Å². The fourth-order valence-electron chi connectivity index (χ4n) is 2.34. The van der Waals surface area contributed by atoms with E-state index in [9.17, 15) is 9.59 Å². The van der Waals surface area contributed by atoms with Gasteiger partial charge in [0.2, 0.25) is 11.8 Å². The molecule has 0 bridgehead atoms. The van der Waals surface area contributed by atoms with Crippen LogP contribution in [0.2, 0.25) is 10.0 Å². The number of amides is 2. The highest BCUT2D eigenvalue weighted by Crippen LogP contribution is 2.16. The van der Waals surface area contributed by atoms with E-state index < -0.39 is 0 Å². The van der Waals surface area contributed by atoms with Crippen LogP contribution in [0.25, 0.3) is 12.2 Å². The number of halogens is 2. The smallest absolute Gasteiger partial charge is 0.243 e. The average molecular weight is 417 g/mol. The van der Waals surface area contributed by atoms with Crippen LogP contribution in [0, 0.1) is 0 Å². The zero-order valence-electron chi connectivity index (χ0n) is 15.3. The van der Waals surface area contributed by atoms with Gasteiger partial charge in [-0.25, -0.2) is 0 Å². The molecule has 2 aromatic carbocycles. The first-order chi connectivity index (χ1) is 13.6. The number of unbranched alkanes of at least 4 members (excludes halogenated alkanes) is 1. The number of hydrogen-bond donors (Lipinski definition) is 2. The Morgan fingerprint density at radius 1 is 0.714 bits per heavy atom. The summed E-state index contributed by atoms with van der Waals surface area (Å²) in [5.41, 5.74) is 1.60. The summed E-state index contributed by atoms with van der Waals surface area (Å²) in [6.07, 6.45) is 7.82. The summed E-state index contributed by atoms with van der Waals surface area (Å²) in [6.45, 7) is 1.08. The van der Waals surface area contributed by atoms with Gasteiger partial charge in [0.05, 0.1) is 0 Å². The van der Waals surface area contributed by atoms with E-state index in [1.165, 1.54) is 12.2 Å². The number of carbonyl (C=O) groups excluding carboxylic acids is 2. The van der Waals surface area contributed by atoms with Crippen LogP contribution in [-0.4, -0.2) is 24.9 Å². The molecule has 0 fully saturated rings. The molecule has 0 aliphatic heterocycles. The Labute approximate surface area is 175 Å². The predicted octanol–water partition coefficient (Wildman–Crippen LogP) is 4.73. The zero-order chi connectivity index (χ0) is 20.2. The Kier molecular flexibility index (Phi) is 9.32. The number of nitrogens with one attached hydrogen (secondary N) is 2. The molecule has 0 radical (unpaired) electrons. The summed E-state index contributed by atoms with van der Waals surface area (Å²) >= 11 is 12.1. The van der Waals surface area contributed by atoms with Gasteiger partial charge >= 0.3 is 0 Å². The zero-order valence-corrected chi connectivity index (χ0v) is 16.8. The largest absolute Gasteiger partial charge is 0.353 e. The summed E-state index contributed by atoms with van der Waals surface area (Å²) in [5, 5.41) is 6.81. The van der Waals surface area contributed by atoms with Crippen LogP contribution in [0.5, 0.6) is 0 Å². The van der Waals surface area contributed by atoms with Crippen LogP contribution in [0.15, 0.2) is 60.7 Å². The maximum absolute atomic E-state index is 11.8. The number of benzene rings is 2. The lowest BCUT2D eigenvalue weighted by Gasteiger charge is -2.04. The standard InChI is InChI=1S/C22H22Cl2N2O2/c23-19-9-3-1-7-17(19)11-13-21(27)25-15-5-6-16-26-22(28)14-12-18-8-2-4-10-20(18)24/h1-4,7-14H,5-6,15-16H2,(H,25,27)(H,26,28)/b13-11-,14-12+. The van der Waals surface area contributed by atoms with Gasteiger partial charge in [-0.15, -0.1) is 0 Å². The van der Waals surface area contributed by atoms with Crippen LogP contribution in [0.3, 0.4) is 0 Å². The van der Waals surface area contributed by atoms with Gasteiger partial charge in [0.1, 0.15) is 0 Å². The van der Waals surface area contributed by atoms with Crippen molar-refractivity contribution in [3.63, 3.8) is 0 Å². The summed E-state index contributed by atoms with van der Waals surface area (Å²) in [7, 11) is 0. The molecular formula is C22H22Cl2N2O2. The molecule has 0 heterocycles. The summed E-state index contributed by atoms with van der Waals surface area (Å²) < 4.78 is 0. The van der Waals surface area contributed by atoms with E-state index in [1.54, 1.807) is 24.3 Å². The normalized spacial score (nSPS) is 11.1. The van der Waals surface area contributed by atoms with Crippen LogP contribution in [0.4, 0.5) is 0 Å². The Balaban J connectivity index is 1.59. The lowest BCUT2D eigenvalue weighted by atomic mass is 10.2. The predicted molar refractivity (Wildman–Crippen MR) is 116 cm³/mol. The molecule has 0 aromatic heterocycles. The molecule has 0 aliphatic rings. The lowest BCUT2D eigenvalue weighted by molar-refractivity contribution is -0.117. The molecule has 0 atom stereocenters. The van der Waals surface area contributed by atoms with Gasteiger partial charge in [0.15, 0.2) is 0 Å². The van der Waals surface area contributed by atoms with Crippen molar-refractivity contribution in [1.82, 2.24) is 10.6 Å². The van der Waals surface area contributed by atoms with E-state index in [0.29, 0.717) is 23.1 Å². The van der Waals surface area contributed by atoms with Gasteiger partial charge in [-0.05, 0) is 48.3 Å². The Hall–Kier alpha value is -2.56. The van der Waals surface area contributed by atoms with Crippen molar-refractivity contribution in [3.05, 3.63) is 81.9 Å². The van der Waals surface area contributed by atoms with Crippen LogP contribution in [-0.2, 0) is 9.59 Å². The highest BCUT2D eigenvalue weighted by Gasteiger charge is 1.99. The van der Waals surface area contributed by atoms with Crippen molar-refractivity contribution in [1.29, 1.82) is 0 Å². The molecule has 2 N–H and O–H groups in total. The van der Waals surface area contributed by atoms with Gasteiger partial charge in [0, 0.05) is 35.3 Å². The number of rotatable bonds is 9. The van der Waals surface area contributed by atoms with Gasteiger partial charge in [-0.2, -0.15) is 0 Å².